The van der Waals surface area contributed by atoms with Crippen molar-refractivity contribution in [3.63, 3.8) is 0 Å². The van der Waals surface area contributed by atoms with Gasteiger partial charge in [0, 0.05) is 4.90 Å². The molecule has 0 atom stereocenters. The number of rotatable bonds is 3. The number of para-hydroxylation sites is 2. The Labute approximate surface area is 146 Å². The Morgan fingerprint density at radius 3 is 2.50 bits per heavy atom. The van der Waals surface area contributed by atoms with Gasteiger partial charge in [-0.1, -0.05) is 29.8 Å². The SMILES string of the molecule is Cc1ccc(SCC(=O)N2c3ccccc3NC(=O)C2(C)C)cc1. The molecule has 0 aromatic heterocycles. The van der Waals surface area contributed by atoms with Gasteiger partial charge in [0.1, 0.15) is 5.54 Å². The van der Waals surface area contributed by atoms with Crippen molar-refractivity contribution in [2.75, 3.05) is 16.0 Å². The van der Waals surface area contributed by atoms with Crippen LogP contribution in [0.5, 0.6) is 0 Å². The van der Waals surface area contributed by atoms with Crippen LogP contribution in [0.25, 0.3) is 0 Å². The number of anilines is 2. The number of amides is 2. The molecule has 0 bridgehead atoms. The van der Waals surface area contributed by atoms with Crippen LogP contribution in [-0.4, -0.2) is 23.1 Å². The highest BCUT2D eigenvalue weighted by Gasteiger charge is 2.43. The fourth-order valence-corrected chi connectivity index (χ4v) is 3.49. The van der Waals surface area contributed by atoms with Gasteiger partial charge in [-0.2, -0.15) is 0 Å². The summed E-state index contributed by atoms with van der Waals surface area (Å²) in [6.07, 6.45) is 0. The third-order valence-corrected chi connectivity index (χ3v) is 5.14. The molecule has 1 N–H and O–H groups in total. The molecular formula is C19H20N2O2S. The maximum atomic E-state index is 12.9. The number of aryl methyl sites for hydroxylation is 1. The van der Waals surface area contributed by atoms with Crippen LogP contribution >= 0.6 is 11.8 Å². The van der Waals surface area contributed by atoms with Crippen molar-refractivity contribution in [3.05, 3.63) is 54.1 Å². The van der Waals surface area contributed by atoms with E-state index in [0.717, 1.165) is 10.6 Å². The number of carbonyl (C=O) groups excluding carboxylic acids is 2. The molecule has 0 unspecified atom stereocenters. The lowest BCUT2D eigenvalue weighted by atomic mass is 9.96. The second-order valence-electron chi connectivity index (χ2n) is 6.36. The number of thioether (sulfide) groups is 1. The van der Waals surface area contributed by atoms with E-state index in [0.29, 0.717) is 5.69 Å². The summed E-state index contributed by atoms with van der Waals surface area (Å²) in [5.74, 6) is 0.0384. The largest absolute Gasteiger partial charge is 0.322 e. The fourth-order valence-electron chi connectivity index (χ4n) is 2.74. The third kappa shape index (κ3) is 3.04. The molecule has 3 rings (SSSR count). The van der Waals surface area contributed by atoms with Crippen molar-refractivity contribution < 1.29 is 9.59 Å². The number of nitrogens with zero attached hydrogens (tertiary/aromatic N) is 1. The molecule has 1 aliphatic rings. The van der Waals surface area contributed by atoms with E-state index in [1.165, 1.54) is 17.3 Å². The molecule has 2 aromatic rings. The third-order valence-electron chi connectivity index (χ3n) is 4.14. The summed E-state index contributed by atoms with van der Waals surface area (Å²) in [4.78, 5) is 27.9. The first kappa shape index (κ1) is 16.6. The van der Waals surface area contributed by atoms with Crippen LogP contribution in [-0.2, 0) is 9.59 Å². The van der Waals surface area contributed by atoms with Gasteiger partial charge in [-0.3, -0.25) is 14.5 Å². The molecule has 2 amide bonds. The summed E-state index contributed by atoms with van der Waals surface area (Å²) in [5, 5.41) is 2.88. The van der Waals surface area contributed by atoms with Gasteiger partial charge in [0.25, 0.3) is 0 Å². The predicted octanol–water partition coefficient (Wildman–Crippen LogP) is 3.85. The van der Waals surface area contributed by atoms with E-state index in [-0.39, 0.29) is 17.6 Å². The lowest BCUT2D eigenvalue weighted by Gasteiger charge is -2.42. The summed E-state index contributed by atoms with van der Waals surface area (Å²) in [6.45, 7) is 5.57. The Morgan fingerprint density at radius 1 is 1.12 bits per heavy atom. The van der Waals surface area contributed by atoms with Crippen molar-refractivity contribution in [1.82, 2.24) is 0 Å². The average Bonchev–Trinajstić information content (AvgIpc) is 2.55. The van der Waals surface area contributed by atoms with Crippen LogP contribution in [0.3, 0.4) is 0 Å². The zero-order valence-corrected chi connectivity index (χ0v) is 14.8. The van der Waals surface area contributed by atoms with Crippen LogP contribution in [0.1, 0.15) is 19.4 Å². The standard InChI is InChI=1S/C19H20N2O2S/c1-13-8-10-14(11-9-13)24-12-17(22)21-16-7-5-4-6-15(16)20-18(23)19(21,2)3/h4-11H,12H2,1-3H3,(H,20,23). The zero-order valence-electron chi connectivity index (χ0n) is 14.0. The van der Waals surface area contributed by atoms with E-state index < -0.39 is 5.54 Å². The second kappa shape index (κ2) is 6.32. The molecule has 4 nitrogen and oxygen atoms in total. The lowest BCUT2D eigenvalue weighted by molar-refractivity contribution is -0.125. The van der Waals surface area contributed by atoms with Crippen molar-refractivity contribution in [3.8, 4) is 0 Å². The smallest absolute Gasteiger partial charge is 0.250 e. The molecule has 0 spiro atoms. The van der Waals surface area contributed by atoms with Crippen LogP contribution in [0.15, 0.2) is 53.4 Å². The number of carbonyl (C=O) groups is 2. The van der Waals surface area contributed by atoms with Gasteiger partial charge in [0.05, 0.1) is 17.1 Å². The van der Waals surface area contributed by atoms with Gasteiger partial charge < -0.3 is 5.32 Å². The second-order valence-corrected chi connectivity index (χ2v) is 7.41. The van der Waals surface area contributed by atoms with Gasteiger partial charge in [0.15, 0.2) is 0 Å². The summed E-state index contributed by atoms with van der Waals surface area (Å²) in [7, 11) is 0. The first-order valence-corrected chi connectivity index (χ1v) is 8.81. The normalized spacial score (nSPS) is 15.6. The predicted molar refractivity (Wildman–Crippen MR) is 98.5 cm³/mol. The van der Waals surface area contributed by atoms with Crippen LogP contribution in [0.2, 0.25) is 0 Å². The van der Waals surface area contributed by atoms with Crippen LogP contribution in [0, 0.1) is 6.92 Å². The van der Waals surface area contributed by atoms with Crippen LogP contribution < -0.4 is 10.2 Å². The highest BCUT2D eigenvalue weighted by molar-refractivity contribution is 8.00. The zero-order chi connectivity index (χ0) is 17.3. The minimum atomic E-state index is -0.917. The van der Waals surface area contributed by atoms with Crippen LogP contribution in [0.4, 0.5) is 11.4 Å². The van der Waals surface area contributed by atoms with Crippen molar-refractivity contribution in [2.24, 2.45) is 0 Å². The molecule has 0 saturated heterocycles. The highest BCUT2D eigenvalue weighted by Crippen LogP contribution is 2.37. The van der Waals surface area contributed by atoms with E-state index in [4.69, 9.17) is 0 Å². The molecule has 0 fully saturated rings. The van der Waals surface area contributed by atoms with Gasteiger partial charge in [0.2, 0.25) is 11.8 Å². The van der Waals surface area contributed by atoms with E-state index in [1.807, 2.05) is 55.5 Å². The van der Waals surface area contributed by atoms with E-state index >= 15 is 0 Å². The number of nitrogens with one attached hydrogen (secondary N) is 1. The maximum absolute atomic E-state index is 12.9. The maximum Gasteiger partial charge on any atom is 0.250 e. The van der Waals surface area contributed by atoms with E-state index in [1.54, 1.807) is 18.7 Å². The Kier molecular flexibility index (Phi) is 4.37. The summed E-state index contributed by atoms with van der Waals surface area (Å²) >= 11 is 1.48. The Hall–Kier alpha value is -2.27. The highest BCUT2D eigenvalue weighted by atomic mass is 32.2. The first-order chi connectivity index (χ1) is 11.4. The summed E-state index contributed by atoms with van der Waals surface area (Å²) < 4.78 is 0. The molecule has 1 aliphatic heterocycles. The number of fused-ring (bicyclic) bond motifs is 1. The molecule has 24 heavy (non-hydrogen) atoms. The minimum absolute atomic E-state index is 0.0760. The molecule has 1 heterocycles. The fraction of sp³-hybridized carbons (Fsp3) is 0.263. The molecule has 0 aliphatic carbocycles. The topological polar surface area (TPSA) is 49.4 Å². The van der Waals surface area contributed by atoms with Gasteiger partial charge in [-0.25, -0.2) is 0 Å². The monoisotopic (exact) mass is 340 g/mol. The van der Waals surface area contributed by atoms with E-state index in [9.17, 15) is 9.59 Å². The Bertz CT molecular complexity index is 784. The van der Waals surface area contributed by atoms with Crippen molar-refractivity contribution in [2.45, 2.75) is 31.2 Å². The van der Waals surface area contributed by atoms with E-state index in [2.05, 4.69) is 5.32 Å². The minimum Gasteiger partial charge on any atom is -0.322 e. The number of benzene rings is 2. The number of hydrogen-bond acceptors (Lipinski definition) is 3. The Morgan fingerprint density at radius 2 is 1.79 bits per heavy atom. The quantitative estimate of drug-likeness (QED) is 0.864. The first-order valence-electron chi connectivity index (χ1n) is 7.82. The number of hydrogen-bond donors (Lipinski definition) is 1. The van der Waals surface area contributed by atoms with Gasteiger partial charge in [-0.05, 0) is 45.0 Å². The lowest BCUT2D eigenvalue weighted by Crippen LogP contribution is -2.58. The molecular weight excluding hydrogens is 320 g/mol. The summed E-state index contributed by atoms with van der Waals surface area (Å²) in [5.41, 5.74) is 1.69. The van der Waals surface area contributed by atoms with Gasteiger partial charge in [-0.15, -0.1) is 11.8 Å². The molecule has 0 radical (unpaired) electrons. The summed E-state index contributed by atoms with van der Waals surface area (Å²) in [6, 6.07) is 15.5. The molecule has 2 aromatic carbocycles. The van der Waals surface area contributed by atoms with Crippen molar-refractivity contribution >= 4 is 35.0 Å². The molecule has 0 saturated carbocycles. The molecule has 5 heteroatoms. The average molecular weight is 340 g/mol. The van der Waals surface area contributed by atoms with Gasteiger partial charge >= 0.3 is 0 Å². The Balaban J connectivity index is 1.84. The van der Waals surface area contributed by atoms with Crippen molar-refractivity contribution in [1.29, 1.82) is 0 Å². The molecule has 124 valence electrons.